The highest BCUT2D eigenvalue weighted by Gasteiger charge is 2.32. The van der Waals surface area contributed by atoms with Crippen molar-refractivity contribution in [3.05, 3.63) is 40.8 Å². The second kappa shape index (κ2) is 5.89. The summed E-state index contributed by atoms with van der Waals surface area (Å²) < 4.78 is 28.2. The summed E-state index contributed by atoms with van der Waals surface area (Å²) in [6.45, 7) is 0. The van der Waals surface area contributed by atoms with Crippen molar-refractivity contribution in [3.63, 3.8) is 0 Å². The van der Waals surface area contributed by atoms with E-state index in [1.54, 1.807) is 0 Å². The van der Waals surface area contributed by atoms with E-state index in [1.807, 2.05) is 0 Å². The summed E-state index contributed by atoms with van der Waals surface area (Å²) in [7, 11) is -4.07. The van der Waals surface area contributed by atoms with Gasteiger partial charge in [0.25, 0.3) is 15.9 Å². The van der Waals surface area contributed by atoms with Gasteiger partial charge < -0.3 is 21.3 Å². The van der Waals surface area contributed by atoms with E-state index in [2.05, 4.69) is 9.71 Å². The van der Waals surface area contributed by atoms with Crippen LogP contribution < -0.4 is 11.1 Å². The van der Waals surface area contributed by atoms with Gasteiger partial charge in [0.1, 0.15) is 21.5 Å². The van der Waals surface area contributed by atoms with Crippen LogP contribution in [0.3, 0.4) is 0 Å². The molecule has 10 heteroatoms. The molecular weight excluding hydrogens is 354 g/mol. The predicted molar refractivity (Wildman–Crippen MR) is 88.8 cm³/mol. The number of nitrogens with one attached hydrogen (secondary N) is 1. The largest absolute Gasteiger partial charge is 0.508 e. The number of hydrogen-bond acceptors (Lipinski definition) is 7. The Morgan fingerprint density at radius 3 is 2.62 bits per heavy atom. The van der Waals surface area contributed by atoms with E-state index in [4.69, 9.17) is 5.73 Å². The number of hydrogen-bond donors (Lipinski definition) is 4. The number of sulfonamides is 1. The van der Waals surface area contributed by atoms with Gasteiger partial charge in [-0.3, -0.25) is 4.79 Å². The zero-order valence-corrected chi connectivity index (χ0v) is 13.8. The fraction of sp³-hybridized carbons (Fsp3) is 0.143. The van der Waals surface area contributed by atoms with Gasteiger partial charge in [-0.15, -0.1) is 15.7 Å². The highest BCUT2D eigenvalue weighted by molar-refractivity contribution is 7.90. The number of nitrogens with two attached hydrogens (primary N) is 1. The molecule has 0 radical (unpaired) electrons. The maximum atomic E-state index is 12.3. The van der Waals surface area contributed by atoms with E-state index >= 15 is 0 Å². The van der Waals surface area contributed by atoms with Crippen molar-refractivity contribution in [2.24, 2.45) is 10.1 Å². The lowest BCUT2D eigenvalue weighted by atomic mass is 10.1. The quantitative estimate of drug-likeness (QED) is 0.639. The van der Waals surface area contributed by atoms with Gasteiger partial charge in [0.05, 0.1) is 11.7 Å². The number of phenolic OH excluding ortho intramolecular Hbond substituents is 1. The molecule has 5 N–H and O–H groups in total. The maximum Gasteiger partial charge on any atom is 0.287 e. The molecule has 1 aromatic heterocycles. The third kappa shape index (κ3) is 2.98. The molecule has 0 saturated carbocycles. The fourth-order valence-corrected chi connectivity index (χ4v) is 4.91. The average molecular weight is 367 g/mol. The SMILES string of the molecule is NC(=O)c1csc2c1S(=O)(=O)N=C(CC(O)c1ccc(O)cc1)N2. The van der Waals surface area contributed by atoms with Crippen LogP contribution in [0.25, 0.3) is 0 Å². The number of carbonyl (C=O) groups excluding carboxylic acids is 1. The summed E-state index contributed by atoms with van der Waals surface area (Å²) in [5.41, 5.74) is 5.57. The predicted octanol–water partition coefficient (Wildman–Crippen LogP) is 1.19. The molecular formula is C14H13N3O5S2. The standard InChI is InChI=1S/C14H13N3O5S2/c15-13(20)9-6-23-14-12(9)24(21,22)17-11(16-14)5-10(19)7-1-3-8(18)4-2-7/h1-4,6,10,18-19H,5H2,(H2,15,20)(H,16,17). The molecule has 0 saturated heterocycles. The Morgan fingerprint density at radius 1 is 1.33 bits per heavy atom. The Morgan fingerprint density at radius 2 is 2.00 bits per heavy atom. The van der Waals surface area contributed by atoms with Crippen molar-refractivity contribution in [3.8, 4) is 5.75 Å². The fourth-order valence-electron chi connectivity index (χ4n) is 2.29. The van der Waals surface area contributed by atoms with Gasteiger partial charge in [-0.2, -0.15) is 8.42 Å². The first-order valence-corrected chi connectivity index (χ1v) is 9.09. The van der Waals surface area contributed by atoms with E-state index in [-0.39, 0.29) is 33.5 Å². The van der Waals surface area contributed by atoms with Gasteiger partial charge in [0.15, 0.2) is 0 Å². The summed E-state index contributed by atoms with van der Waals surface area (Å²) in [4.78, 5) is 11.1. The molecule has 3 rings (SSSR count). The molecule has 0 spiro atoms. The highest BCUT2D eigenvalue weighted by atomic mass is 32.2. The van der Waals surface area contributed by atoms with Crippen molar-refractivity contribution in [1.82, 2.24) is 0 Å². The van der Waals surface area contributed by atoms with E-state index in [0.29, 0.717) is 5.56 Å². The highest BCUT2D eigenvalue weighted by Crippen LogP contribution is 2.37. The summed E-state index contributed by atoms with van der Waals surface area (Å²) >= 11 is 1.02. The van der Waals surface area contributed by atoms with Crippen LogP contribution in [0.5, 0.6) is 5.75 Å². The van der Waals surface area contributed by atoms with Crippen LogP contribution in [0.1, 0.15) is 28.4 Å². The van der Waals surface area contributed by atoms with Crippen LogP contribution in [0.4, 0.5) is 5.00 Å². The lowest BCUT2D eigenvalue weighted by Gasteiger charge is -2.18. The Balaban J connectivity index is 1.88. The smallest absolute Gasteiger partial charge is 0.287 e. The molecule has 1 aliphatic rings. The molecule has 1 aliphatic heterocycles. The Bertz CT molecular complexity index is 932. The van der Waals surface area contributed by atoms with Crippen LogP contribution in [-0.4, -0.2) is 30.4 Å². The van der Waals surface area contributed by atoms with Crippen molar-refractivity contribution >= 4 is 38.1 Å². The Labute approximate surface area is 141 Å². The Kier molecular flexibility index (Phi) is 4.03. The number of aliphatic hydroxyl groups excluding tert-OH is 1. The van der Waals surface area contributed by atoms with Crippen LogP contribution in [0.15, 0.2) is 38.9 Å². The van der Waals surface area contributed by atoms with Gasteiger partial charge in [0.2, 0.25) is 0 Å². The molecule has 126 valence electrons. The van der Waals surface area contributed by atoms with Crippen molar-refractivity contribution in [2.75, 3.05) is 5.32 Å². The molecule has 24 heavy (non-hydrogen) atoms. The normalized spacial score (nSPS) is 16.6. The number of benzene rings is 1. The van der Waals surface area contributed by atoms with Crippen LogP contribution in [-0.2, 0) is 10.0 Å². The monoisotopic (exact) mass is 367 g/mol. The molecule has 8 nitrogen and oxygen atoms in total. The number of carbonyl (C=O) groups is 1. The lowest BCUT2D eigenvalue weighted by Crippen LogP contribution is -2.24. The third-order valence-corrected chi connectivity index (χ3v) is 5.85. The number of phenols is 1. The summed E-state index contributed by atoms with van der Waals surface area (Å²) in [5, 5.41) is 23.9. The van der Waals surface area contributed by atoms with Crippen LogP contribution >= 0.6 is 11.3 Å². The van der Waals surface area contributed by atoms with Gasteiger partial charge >= 0.3 is 0 Å². The number of rotatable bonds is 4. The van der Waals surface area contributed by atoms with E-state index in [9.17, 15) is 23.4 Å². The number of thiophene rings is 1. The number of anilines is 1. The molecule has 2 aromatic rings. The summed E-state index contributed by atoms with van der Waals surface area (Å²) in [6.07, 6.45) is -1.09. The van der Waals surface area contributed by atoms with Crippen molar-refractivity contribution in [2.45, 2.75) is 17.4 Å². The number of aromatic hydroxyl groups is 1. The number of amides is 1. The molecule has 2 heterocycles. The molecule has 1 aromatic carbocycles. The molecule has 0 bridgehead atoms. The molecule has 1 unspecified atom stereocenters. The number of nitrogens with zero attached hydrogens (tertiary/aromatic N) is 1. The van der Waals surface area contributed by atoms with Gasteiger partial charge in [-0.25, -0.2) is 0 Å². The topological polar surface area (TPSA) is 142 Å². The molecule has 0 aliphatic carbocycles. The third-order valence-electron chi connectivity index (χ3n) is 3.42. The minimum Gasteiger partial charge on any atom is -0.508 e. The average Bonchev–Trinajstić information content (AvgIpc) is 2.92. The molecule has 1 amide bonds. The van der Waals surface area contributed by atoms with Gasteiger partial charge in [0, 0.05) is 11.8 Å². The van der Waals surface area contributed by atoms with E-state index < -0.39 is 22.0 Å². The zero-order chi connectivity index (χ0) is 17.5. The van der Waals surface area contributed by atoms with Crippen LogP contribution in [0, 0.1) is 0 Å². The van der Waals surface area contributed by atoms with Gasteiger partial charge in [-0.05, 0) is 17.7 Å². The number of amidine groups is 1. The minimum absolute atomic E-state index is 0.0564. The summed E-state index contributed by atoms with van der Waals surface area (Å²) in [5.74, 6) is -0.731. The number of primary amides is 1. The zero-order valence-electron chi connectivity index (χ0n) is 12.1. The van der Waals surface area contributed by atoms with Crippen molar-refractivity contribution < 1.29 is 23.4 Å². The second-order valence-corrected chi connectivity index (χ2v) is 7.54. The number of aliphatic hydroxyl groups is 1. The minimum atomic E-state index is -4.07. The lowest BCUT2D eigenvalue weighted by molar-refractivity contribution is 0.0997. The first-order chi connectivity index (χ1) is 11.3. The second-order valence-electron chi connectivity index (χ2n) is 5.12. The van der Waals surface area contributed by atoms with Gasteiger partial charge in [-0.1, -0.05) is 12.1 Å². The van der Waals surface area contributed by atoms with E-state index in [1.165, 1.54) is 29.6 Å². The number of fused-ring (bicyclic) bond motifs is 1. The molecule has 1 atom stereocenters. The van der Waals surface area contributed by atoms with Crippen LogP contribution in [0.2, 0.25) is 0 Å². The summed E-state index contributed by atoms with van der Waals surface area (Å²) in [6, 6.07) is 5.89. The van der Waals surface area contributed by atoms with Crippen molar-refractivity contribution in [1.29, 1.82) is 0 Å². The first kappa shape index (κ1) is 16.4. The van der Waals surface area contributed by atoms with E-state index in [0.717, 1.165) is 11.3 Å². The maximum absolute atomic E-state index is 12.3. The first-order valence-electron chi connectivity index (χ1n) is 6.77. The molecule has 0 fully saturated rings. The Hall–Kier alpha value is -2.43.